The molecular weight excluding hydrogens is 212 g/mol. The highest BCUT2D eigenvalue weighted by molar-refractivity contribution is 5.46. The highest BCUT2D eigenvalue weighted by Gasteiger charge is 2.34. The lowest BCUT2D eigenvalue weighted by molar-refractivity contribution is 0.122. The largest absolute Gasteiger partial charge is 0.487 e. The fourth-order valence-corrected chi connectivity index (χ4v) is 2.70. The minimum Gasteiger partial charge on any atom is -0.487 e. The van der Waals surface area contributed by atoms with Gasteiger partial charge in [-0.1, -0.05) is 31.0 Å². The van der Waals surface area contributed by atoms with Crippen LogP contribution in [0.5, 0.6) is 5.75 Å². The second-order valence-electron chi connectivity index (χ2n) is 6.07. The van der Waals surface area contributed by atoms with Crippen molar-refractivity contribution in [3.63, 3.8) is 0 Å². The maximum Gasteiger partial charge on any atom is 0.129 e. The number of aliphatic hydroxyl groups is 1. The van der Waals surface area contributed by atoms with Gasteiger partial charge in [-0.25, -0.2) is 0 Å². The van der Waals surface area contributed by atoms with Crippen molar-refractivity contribution in [3.8, 4) is 5.75 Å². The summed E-state index contributed by atoms with van der Waals surface area (Å²) >= 11 is 0. The molecule has 1 atom stereocenters. The van der Waals surface area contributed by atoms with Gasteiger partial charge in [0.15, 0.2) is 0 Å². The molecule has 0 bridgehead atoms. The van der Waals surface area contributed by atoms with Gasteiger partial charge in [0.1, 0.15) is 11.4 Å². The number of para-hydroxylation sites is 1. The number of benzene rings is 1. The minimum atomic E-state index is -0.355. The smallest absolute Gasteiger partial charge is 0.129 e. The van der Waals surface area contributed by atoms with E-state index in [0.29, 0.717) is 0 Å². The van der Waals surface area contributed by atoms with Crippen LogP contribution in [0, 0.1) is 5.92 Å². The molecule has 2 heteroatoms. The van der Waals surface area contributed by atoms with Gasteiger partial charge in [0.25, 0.3) is 0 Å². The maximum absolute atomic E-state index is 10.3. The standard InChI is InChI=1S/C15H20O2/c1-15(2)9-11-4-3-5-12(14(11)17-15)13(16)8-10-6-7-10/h3-5,10,13,16H,6-9H2,1-2H3. The Morgan fingerprint density at radius 1 is 1.41 bits per heavy atom. The first kappa shape index (κ1) is 11.1. The van der Waals surface area contributed by atoms with Gasteiger partial charge in [-0.15, -0.1) is 0 Å². The molecule has 1 heterocycles. The molecule has 0 aromatic heterocycles. The van der Waals surface area contributed by atoms with Crippen LogP contribution in [0.15, 0.2) is 18.2 Å². The molecule has 1 N–H and O–H groups in total. The van der Waals surface area contributed by atoms with E-state index < -0.39 is 0 Å². The summed E-state index contributed by atoms with van der Waals surface area (Å²) in [5, 5.41) is 10.3. The number of fused-ring (bicyclic) bond motifs is 1. The Kier molecular flexibility index (Phi) is 2.44. The maximum atomic E-state index is 10.3. The highest BCUT2D eigenvalue weighted by atomic mass is 16.5. The Bertz CT molecular complexity index is 433. The SMILES string of the molecule is CC1(C)Cc2cccc(C(O)CC3CC3)c2O1. The zero-order valence-electron chi connectivity index (χ0n) is 10.6. The predicted octanol–water partition coefficient (Wildman–Crippen LogP) is 3.23. The fraction of sp³-hybridized carbons (Fsp3) is 0.600. The zero-order valence-corrected chi connectivity index (χ0v) is 10.6. The van der Waals surface area contributed by atoms with Gasteiger partial charge >= 0.3 is 0 Å². The summed E-state index contributed by atoms with van der Waals surface area (Å²) in [6, 6.07) is 6.15. The number of ether oxygens (including phenoxy) is 1. The van der Waals surface area contributed by atoms with E-state index in [1.807, 2.05) is 12.1 Å². The van der Waals surface area contributed by atoms with E-state index in [1.165, 1.54) is 18.4 Å². The first-order valence-corrected chi connectivity index (χ1v) is 6.54. The van der Waals surface area contributed by atoms with Crippen LogP contribution in [0.4, 0.5) is 0 Å². The number of hydrogen-bond donors (Lipinski definition) is 1. The van der Waals surface area contributed by atoms with Crippen LogP contribution in [0.3, 0.4) is 0 Å². The number of hydrogen-bond acceptors (Lipinski definition) is 2. The number of aliphatic hydroxyl groups excluding tert-OH is 1. The van der Waals surface area contributed by atoms with Crippen molar-refractivity contribution in [3.05, 3.63) is 29.3 Å². The second kappa shape index (κ2) is 3.74. The summed E-state index contributed by atoms with van der Waals surface area (Å²) in [5.74, 6) is 1.67. The molecular formula is C15H20O2. The lowest BCUT2D eigenvalue weighted by Gasteiger charge is -2.19. The lowest BCUT2D eigenvalue weighted by Crippen LogP contribution is -2.25. The van der Waals surface area contributed by atoms with E-state index in [0.717, 1.165) is 30.1 Å². The zero-order chi connectivity index (χ0) is 12.0. The molecule has 17 heavy (non-hydrogen) atoms. The van der Waals surface area contributed by atoms with Gasteiger partial charge in [0, 0.05) is 12.0 Å². The van der Waals surface area contributed by atoms with Gasteiger partial charge in [0.2, 0.25) is 0 Å². The molecule has 1 fully saturated rings. The average molecular weight is 232 g/mol. The molecule has 0 amide bonds. The van der Waals surface area contributed by atoms with Crippen molar-refractivity contribution in [2.24, 2.45) is 5.92 Å². The first-order valence-electron chi connectivity index (χ1n) is 6.54. The van der Waals surface area contributed by atoms with Crippen LogP contribution in [0.1, 0.15) is 50.3 Å². The Morgan fingerprint density at radius 2 is 2.18 bits per heavy atom. The average Bonchev–Trinajstić information content (AvgIpc) is 2.97. The van der Waals surface area contributed by atoms with E-state index in [4.69, 9.17) is 4.74 Å². The summed E-state index contributed by atoms with van der Waals surface area (Å²) in [6.07, 6.45) is 4.02. The molecule has 2 nitrogen and oxygen atoms in total. The summed E-state index contributed by atoms with van der Waals surface area (Å²) in [6.45, 7) is 4.20. The van der Waals surface area contributed by atoms with Crippen LogP contribution in [-0.2, 0) is 6.42 Å². The lowest BCUT2D eigenvalue weighted by atomic mass is 9.97. The Morgan fingerprint density at radius 3 is 2.88 bits per heavy atom. The van der Waals surface area contributed by atoms with Crippen LogP contribution >= 0.6 is 0 Å². The molecule has 3 rings (SSSR count). The van der Waals surface area contributed by atoms with Crippen molar-refractivity contribution >= 4 is 0 Å². The fourth-order valence-electron chi connectivity index (χ4n) is 2.70. The molecule has 1 aliphatic heterocycles. The van der Waals surface area contributed by atoms with E-state index in [2.05, 4.69) is 19.9 Å². The van der Waals surface area contributed by atoms with Gasteiger partial charge in [0.05, 0.1) is 6.10 Å². The molecule has 2 aliphatic rings. The predicted molar refractivity (Wildman–Crippen MR) is 67.2 cm³/mol. The number of rotatable bonds is 3. The van der Waals surface area contributed by atoms with Crippen molar-refractivity contribution < 1.29 is 9.84 Å². The Balaban J connectivity index is 1.88. The monoisotopic (exact) mass is 232 g/mol. The molecule has 1 saturated carbocycles. The van der Waals surface area contributed by atoms with Gasteiger partial charge in [-0.05, 0) is 31.7 Å². The third kappa shape index (κ3) is 2.19. The van der Waals surface area contributed by atoms with Gasteiger partial charge in [-0.3, -0.25) is 0 Å². The third-order valence-corrected chi connectivity index (χ3v) is 3.73. The van der Waals surface area contributed by atoms with E-state index in [9.17, 15) is 5.11 Å². The van der Waals surface area contributed by atoms with Gasteiger partial charge < -0.3 is 9.84 Å². The molecule has 1 aliphatic carbocycles. The highest BCUT2D eigenvalue weighted by Crippen LogP contribution is 2.44. The normalized spacial score (nSPS) is 23.0. The Labute approximate surface area is 103 Å². The summed E-state index contributed by atoms with van der Waals surface area (Å²) < 4.78 is 5.99. The second-order valence-corrected chi connectivity index (χ2v) is 6.07. The summed E-state index contributed by atoms with van der Waals surface area (Å²) in [5.41, 5.74) is 2.10. The quantitative estimate of drug-likeness (QED) is 0.867. The van der Waals surface area contributed by atoms with E-state index >= 15 is 0 Å². The van der Waals surface area contributed by atoms with Crippen LogP contribution < -0.4 is 4.74 Å². The van der Waals surface area contributed by atoms with Crippen molar-refractivity contribution in [2.45, 2.75) is 51.2 Å². The molecule has 0 spiro atoms. The first-order chi connectivity index (χ1) is 8.05. The topological polar surface area (TPSA) is 29.5 Å². The van der Waals surface area contributed by atoms with E-state index in [1.54, 1.807) is 0 Å². The molecule has 92 valence electrons. The van der Waals surface area contributed by atoms with Crippen LogP contribution in [0.2, 0.25) is 0 Å². The van der Waals surface area contributed by atoms with Crippen LogP contribution in [-0.4, -0.2) is 10.7 Å². The van der Waals surface area contributed by atoms with Crippen molar-refractivity contribution in [2.75, 3.05) is 0 Å². The summed E-state index contributed by atoms with van der Waals surface area (Å²) in [4.78, 5) is 0. The van der Waals surface area contributed by atoms with Crippen molar-refractivity contribution in [1.29, 1.82) is 0 Å². The molecule has 0 radical (unpaired) electrons. The minimum absolute atomic E-state index is 0.127. The summed E-state index contributed by atoms with van der Waals surface area (Å²) in [7, 11) is 0. The molecule has 1 aromatic carbocycles. The molecule has 0 saturated heterocycles. The van der Waals surface area contributed by atoms with Crippen LogP contribution in [0.25, 0.3) is 0 Å². The van der Waals surface area contributed by atoms with Gasteiger partial charge in [-0.2, -0.15) is 0 Å². The van der Waals surface area contributed by atoms with E-state index in [-0.39, 0.29) is 11.7 Å². The Hall–Kier alpha value is -1.02. The third-order valence-electron chi connectivity index (χ3n) is 3.73. The molecule has 1 unspecified atom stereocenters. The van der Waals surface area contributed by atoms with Crippen molar-refractivity contribution in [1.82, 2.24) is 0 Å². The molecule has 1 aromatic rings.